The van der Waals surface area contributed by atoms with Crippen molar-refractivity contribution in [2.24, 2.45) is 5.41 Å². The van der Waals surface area contributed by atoms with Crippen molar-refractivity contribution in [3.05, 3.63) is 10.9 Å². The van der Waals surface area contributed by atoms with E-state index in [-0.39, 0.29) is 12.0 Å². The molecule has 2 aromatic rings. The monoisotopic (exact) mass is 308 g/mol. The number of nitrogens with zero attached hydrogens (tertiary/aromatic N) is 2. The van der Waals surface area contributed by atoms with Crippen LogP contribution in [0.3, 0.4) is 0 Å². The minimum atomic E-state index is 0.0956. The summed E-state index contributed by atoms with van der Waals surface area (Å²) in [5.74, 6) is 1.12. The summed E-state index contributed by atoms with van der Waals surface area (Å²) < 4.78 is 0. The standard InChI is InChI=1S/C15H24N4OS/c1-4-10-8-11-12(18-14(16)19-13(11)21-10)17-9-15(2,3)6-5-7-20/h8,20H,4-7,9H2,1-3H3,(H3,16,17,18,19). The molecule has 116 valence electrons. The summed E-state index contributed by atoms with van der Waals surface area (Å²) in [7, 11) is 0. The molecule has 0 bridgehead atoms. The lowest BCUT2D eigenvalue weighted by Crippen LogP contribution is -2.24. The average molecular weight is 308 g/mol. The van der Waals surface area contributed by atoms with Crippen molar-refractivity contribution in [3.63, 3.8) is 0 Å². The third-order valence-corrected chi connectivity index (χ3v) is 4.73. The molecule has 0 amide bonds. The zero-order chi connectivity index (χ0) is 15.5. The molecule has 0 aliphatic heterocycles. The Balaban J connectivity index is 2.19. The third-order valence-electron chi connectivity index (χ3n) is 3.56. The van der Waals surface area contributed by atoms with Crippen LogP contribution < -0.4 is 11.1 Å². The van der Waals surface area contributed by atoms with Gasteiger partial charge in [0.05, 0.1) is 5.39 Å². The van der Waals surface area contributed by atoms with E-state index in [4.69, 9.17) is 10.8 Å². The number of hydrogen-bond donors (Lipinski definition) is 3. The molecule has 6 heteroatoms. The largest absolute Gasteiger partial charge is 0.396 e. The number of aliphatic hydroxyl groups excluding tert-OH is 1. The number of aryl methyl sites for hydroxylation is 1. The second-order valence-electron chi connectivity index (χ2n) is 6.06. The number of anilines is 2. The second-order valence-corrected chi connectivity index (χ2v) is 7.18. The molecule has 0 fully saturated rings. The summed E-state index contributed by atoms with van der Waals surface area (Å²) in [4.78, 5) is 10.9. The predicted octanol–water partition coefficient (Wildman–Crippen LogP) is 3.05. The van der Waals surface area contributed by atoms with Gasteiger partial charge in [-0.05, 0) is 30.7 Å². The zero-order valence-corrected chi connectivity index (χ0v) is 13.8. The molecular weight excluding hydrogens is 284 g/mol. The molecule has 2 rings (SSSR count). The molecule has 0 radical (unpaired) electrons. The van der Waals surface area contributed by atoms with Crippen LogP contribution in [0.1, 0.15) is 38.5 Å². The summed E-state index contributed by atoms with van der Waals surface area (Å²) in [6, 6.07) is 2.14. The van der Waals surface area contributed by atoms with Gasteiger partial charge in [-0.3, -0.25) is 0 Å². The molecule has 2 heterocycles. The van der Waals surface area contributed by atoms with E-state index in [2.05, 4.69) is 42.1 Å². The molecule has 0 aliphatic rings. The normalized spacial score (nSPS) is 12.0. The van der Waals surface area contributed by atoms with Gasteiger partial charge in [-0.25, -0.2) is 4.98 Å². The number of fused-ring (bicyclic) bond motifs is 1. The molecule has 0 spiro atoms. The highest BCUT2D eigenvalue weighted by Gasteiger charge is 2.18. The summed E-state index contributed by atoms with van der Waals surface area (Å²) in [5.41, 5.74) is 5.90. The van der Waals surface area contributed by atoms with Crippen molar-refractivity contribution in [2.75, 3.05) is 24.2 Å². The summed E-state index contributed by atoms with van der Waals surface area (Å²) in [5, 5.41) is 13.4. The van der Waals surface area contributed by atoms with E-state index < -0.39 is 0 Å². The van der Waals surface area contributed by atoms with E-state index in [0.29, 0.717) is 5.95 Å². The molecule has 0 saturated carbocycles. The molecule has 5 nitrogen and oxygen atoms in total. The van der Waals surface area contributed by atoms with Crippen molar-refractivity contribution in [1.82, 2.24) is 9.97 Å². The first-order valence-electron chi connectivity index (χ1n) is 7.36. The van der Waals surface area contributed by atoms with Gasteiger partial charge in [-0.15, -0.1) is 11.3 Å². The number of aromatic nitrogens is 2. The maximum atomic E-state index is 8.97. The highest BCUT2D eigenvalue weighted by atomic mass is 32.1. The van der Waals surface area contributed by atoms with Crippen LogP contribution in [0.2, 0.25) is 0 Å². The Labute approximate surface area is 129 Å². The van der Waals surface area contributed by atoms with Crippen LogP contribution in [0.25, 0.3) is 10.2 Å². The van der Waals surface area contributed by atoms with Crippen LogP contribution in [0.4, 0.5) is 11.8 Å². The predicted molar refractivity (Wildman–Crippen MR) is 89.8 cm³/mol. The highest BCUT2D eigenvalue weighted by molar-refractivity contribution is 7.18. The van der Waals surface area contributed by atoms with E-state index in [1.807, 2.05) is 0 Å². The van der Waals surface area contributed by atoms with E-state index in [1.165, 1.54) is 4.88 Å². The molecule has 0 aromatic carbocycles. The Hall–Kier alpha value is -1.40. The smallest absolute Gasteiger partial charge is 0.223 e. The Morgan fingerprint density at radius 3 is 2.81 bits per heavy atom. The van der Waals surface area contributed by atoms with Crippen LogP contribution in [0, 0.1) is 5.41 Å². The summed E-state index contributed by atoms with van der Waals surface area (Å²) in [6.45, 7) is 7.52. The number of hydrogen-bond acceptors (Lipinski definition) is 6. The van der Waals surface area contributed by atoms with Gasteiger partial charge in [0.1, 0.15) is 10.6 Å². The van der Waals surface area contributed by atoms with Gasteiger partial charge >= 0.3 is 0 Å². The minimum absolute atomic E-state index is 0.0956. The quantitative estimate of drug-likeness (QED) is 0.732. The average Bonchev–Trinajstić information content (AvgIpc) is 2.85. The Morgan fingerprint density at radius 2 is 2.14 bits per heavy atom. The fourth-order valence-corrected chi connectivity index (χ4v) is 3.24. The molecule has 2 aromatic heterocycles. The molecule has 4 N–H and O–H groups in total. The van der Waals surface area contributed by atoms with Crippen LogP contribution >= 0.6 is 11.3 Å². The van der Waals surface area contributed by atoms with Crippen molar-refractivity contribution >= 4 is 33.3 Å². The van der Waals surface area contributed by atoms with Gasteiger partial charge in [0, 0.05) is 18.0 Å². The zero-order valence-electron chi connectivity index (χ0n) is 12.9. The first kappa shape index (κ1) is 16.0. The Morgan fingerprint density at radius 1 is 1.38 bits per heavy atom. The van der Waals surface area contributed by atoms with Gasteiger partial charge in [0.2, 0.25) is 5.95 Å². The van der Waals surface area contributed by atoms with Crippen molar-refractivity contribution in [2.45, 2.75) is 40.0 Å². The van der Waals surface area contributed by atoms with E-state index in [9.17, 15) is 0 Å². The van der Waals surface area contributed by atoms with Gasteiger partial charge in [0.15, 0.2) is 0 Å². The maximum absolute atomic E-state index is 8.97. The van der Waals surface area contributed by atoms with Gasteiger partial charge in [-0.1, -0.05) is 20.8 Å². The first-order valence-corrected chi connectivity index (χ1v) is 8.17. The SMILES string of the molecule is CCc1cc2c(NCC(C)(C)CCCO)nc(N)nc2s1. The Bertz CT molecular complexity index is 609. The number of nitrogens with two attached hydrogens (primary N) is 1. The van der Waals surface area contributed by atoms with Crippen molar-refractivity contribution in [3.8, 4) is 0 Å². The number of rotatable bonds is 7. The molecule has 0 saturated heterocycles. The maximum Gasteiger partial charge on any atom is 0.223 e. The molecule has 21 heavy (non-hydrogen) atoms. The fraction of sp³-hybridized carbons (Fsp3) is 0.600. The molecule has 0 atom stereocenters. The van der Waals surface area contributed by atoms with Crippen LogP contribution in [-0.2, 0) is 6.42 Å². The highest BCUT2D eigenvalue weighted by Crippen LogP contribution is 2.31. The number of thiophene rings is 1. The number of nitrogen functional groups attached to an aromatic ring is 1. The fourth-order valence-electron chi connectivity index (χ4n) is 2.27. The molecule has 0 unspecified atom stereocenters. The van der Waals surface area contributed by atoms with Gasteiger partial charge < -0.3 is 16.2 Å². The van der Waals surface area contributed by atoms with Crippen LogP contribution in [0.15, 0.2) is 6.07 Å². The van der Waals surface area contributed by atoms with Crippen molar-refractivity contribution in [1.29, 1.82) is 0 Å². The number of aliphatic hydroxyl groups is 1. The van der Waals surface area contributed by atoms with E-state index in [1.54, 1.807) is 11.3 Å². The van der Waals surface area contributed by atoms with Crippen LogP contribution in [0.5, 0.6) is 0 Å². The lowest BCUT2D eigenvalue weighted by atomic mass is 9.88. The lowest BCUT2D eigenvalue weighted by Gasteiger charge is -2.25. The van der Waals surface area contributed by atoms with E-state index >= 15 is 0 Å². The first-order chi connectivity index (χ1) is 9.95. The molecular formula is C15H24N4OS. The van der Waals surface area contributed by atoms with Crippen LogP contribution in [-0.4, -0.2) is 28.2 Å². The lowest BCUT2D eigenvalue weighted by molar-refractivity contribution is 0.248. The summed E-state index contributed by atoms with van der Waals surface area (Å²) >= 11 is 1.67. The van der Waals surface area contributed by atoms with E-state index in [0.717, 1.165) is 41.8 Å². The molecule has 0 aliphatic carbocycles. The number of nitrogens with one attached hydrogen (secondary N) is 1. The topological polar surface area (TPSA) is 84.1 Å². The van der Waals surface area contributed by atoms with Gasteiger partial charge in [0.25, 0.3) is 0 Å². The van der Waals surface area contributed by atoms with Crippen molar-refractivity contribution < 1.29 is 5.11 Å². The third kappa shape index (κ3) is 4.04. The van der Waals surface area contributed by atoms with Gasteiger partial charge in [-0.2, -0.15) is 4.98 Å². The second kappa shape index (κ2) is 6.58. The Kier molecular flexibility index (Phi) is 5.00. The minimum Gasteiger partial charge on any atom is -0.396 e. The summed E-state index contributed by atoms with van der Waals surface area (Å²) in [6.07, 6.45) is 2.76.